The van der Waals surface area contributed by atoms with Gasteiger partial charge in [0, 0.05) is 13.7 Å². The van der Waals surface area contributed by atoms with Crippen molar-refractivity contribution in [2.75, 3.05) is 13.7 Å². The Morgan fingerprint density at radius 2 is 1.75 bits per heavy atom. The van der Waals surface area contributed by atoms with Gasteiger partial charge in [-0.15, -0.1) is 0 Å². The van der Waals surface area contributed by atoms with Gasteiger partial charge in [-0.3, -0.25) is 6.29 Å². The predicted molar refractivity (Wildman–Crippen MR) is 45.5 cm³/mol. The van der Waals surface area contributed by atoms with Crippen LogP contribution in [-0.2, 0) is 15.0 Å². The first-order valence-electron chi connectivity index (χ1n) is 3.75. The topological polar surface area (TPSA) is 59.3 Å². The molecule has 0 amide bonds. The van der Waals surface area contributed by atoms with E-state index in [0.29, 0.717) is 6.42 Å². The predicted octanol–water partition coefficient (Wildman–Crippen LogP) is -2.22. The van der Waals surface area contributed by atoms with Crippen molar-refractivity contribution in [1.29, 1.82) is 0 Å². The van der Waals surface area contributed by atoms with Crippen LogP contribution in [0.25, 0.3) is 0 Å². The van der Waals surface area contributed by atoms with Crippen LogP contribution in [0.3, 0.4) is 0 Å². The first-order valence-corrected chi connectivity index (χ1v) is 3.75. The summed E-state index contributed by atoms with van der Waals surface area (Å²) in [5, 5.41) is 0. The summed E-state index contributed by atoms with van der Waals surface area (Å²) in [4.78, 5) is 9.74. The van der Waals surface area contributed by atoms with Gasteiger partial charge in [-0.1, -0.05) is 19.3 Å². The van der Waals surface area contributed by atoms with Crippen LogP contribution in [0, 0.1) is 0 Å². The fraction of sp³-hybridized carbons (Fsp3) is 0.875. The summed E-state index contributed by atoms with van der Waals surface area (Å²) in [6.07, 6.45) is 6.84. The molecule has 3 N–H and O–H groups in total. The summed E-state index contributed by atoms with van der Waals surface area (Å²) in [7, 11) is 1.71. The van der Waals surface area contributed by atoms with Crippen molar-refractivity contribution >= 4 is 6.29 Å². The van der Waals surface area contributed by atoms with Gasteiger partial charge in [0.25, 0.3) is 0 Å². The third-order valence-electron chi connectivity index (χ3n) is 1.38. The molecule has 0 heterocycles. The maximum absolute atomic E-state index is 9.74. The molecule has 0 saturated carbocycles. The van der Waals surface area contributed by atoms with Crippen molar-refractivity contribution in [2.45, 2.75) is 32.1 Å². The van der Waals surface area contributed by atoms with E-state index in [2.05, 4.69) is 0 Å². The van der Waals surface area contributed by atoms with Crippen LogP contribution in [0.5, 0.6) is 0 Å². The van der Waals surface area contributed by atoms with E-state index in [1.807, 2.05) is 6.29 Å². The molecule has 0 aliphatic heterocycles. The standard InChI is InChI=1S/C8H15O2.Na.H2O/c1-10-8-6-4-2-3-5-7-9;;/h2-6,8H2,1H3;;1H2/q-1;+1;/p+1. The van der Waals surface area contributed by atoms with Gasteiger partial charge in [-0.25, -0.2) is 0 Å². The van der Waals surface area contributed by atoms with Crippen molar-refractivity contribution in [3.63, 3.8) is 0 Å². The molecule has 0 aliphatic carbocycles. The second kappa shape index (κ2) is 17.6. The number of methoxy groups -OCH3 is 1. The zero-order chi connectivity index (χ0) is 7.66. The molecule has 0 aromatic heterocycles. The molecular formula is C8H18NaO3+. The third-order valence-corrected chi connectivity index (χ3v) is 1.38. The summed E-state index contributed by atoms with van der Waals surface area (Å²) < 4.78 is 4.87. The van der Waals surface area contributed by atoms with Crippen LogP contribution in [0.15, 0.2) is 0 Å². The third kappa shape index (κ3) is 16.9. The second-order valence-electron chi connectivity index (χ2n) is 2.30. The normalized spacial score (nSPS) is 8.08. The van der Waals surface area contributed by atoms with Crippen LogP contribution >= 0.6 is 0 Å². The molecule has 68 valence electrons. The molecule has 3 nitrogen and oxygen atoms in total. The van der Waals surface area contributed by atoms with Crippen molar-refractivity contribution in [3.8, 4) is 0 Å². The van der Waals surface area contributed by atoms with Crippen LogP contribution in [0.4, 0.5) is 0 Å². The fourth-order valence-electron chi connectivity index (χ4n) is 0.797. The molecule has 0 aliphatic rings. The smallest absolute Gasteiger partial charge is 0.542 e. The number of ether oxygens (including phenoxy) is 1. The monoisotopic (exact) mass is 185 g/mol. The number of hydrogen-bond acceptors (Lipinski definition) is 2. The van der Waals surface area contributed by atoms with Crippen LogP contribution in [0.1, 0.15) is 32.1 Å². The minimum atomic E-state index is 0. The van der Waals surface area contributed by atoms with E-state index in [1.165, 1.54) is 0 Å². The summed E-state index contributed by atoms with van der Waals surface area (Å²) in [5.41, 5.74) is 0. The molecule has 0 spiro atoms. The number of hydrogen-bond donors (Lipinski definition) is 0. The summed E-state index contributed by atoms with van der Waals surface area (Å²) in [5.74, 6) is 0. The van der Waals surface area contributed by atoms with Gasteiger partial charge in [-0.2, -0.15) is 6.42 Å². The molecule has 0 atom stereocenters. The number of rotatable bonds is 7. The maximum Gasteiger partial charge on any atom is 1.00 e. The molecule has 0 aromatic rings. The Kier molecular flexibility index (Phi) is 27.0. The van der Waals surface area contributed by atoms with Crippen molar-refractivity contribution < 1.29 is 44.6 Å². The Morgan fingerprint density at radius 1 is 1.17 bits per heavy atom. The van der Waals surface area contributed by atoms with Gasteiger partial charge in [-0.05, 0) is 6.42 Å². The summed E-state index contributed by atoms with van der Waals surface area (Å²) in [6, 6.07) is 0. The molecule has 0 saturated heterocycles. The molecule has 0 fully saturated rings. The molecule has 0 aromatic carbocycles. The van der Waals surface area contributed by atoms with Gasteiger partial charge < -0.3 is 15.0 Å². The Morgan fingerprint density at radius 3 is 2.25 bits per heavy atom. The van der Waals surface area contributed by atoms with Crippen LogP contribution < -0.4 is 29.6 Å². The van der Waals surface area contributed by atoms with E-state index in [9.17, 15) is 4.79 Å². The first kappa shape index (κ1) is 18.4. The number of unbranched alkanes of at least 4 members (excludes halogenated alkanes) is 4. The Balaban J connectivity index is -0.000000405. The molecular weight excluding hydrogens is 167 g/mol. The maximum atomic E-state index is 9.74. The minimum Gasteiger partial charge on any atom is -0.542 e. The minimum absolute atomic E-state index is 0. The SMILES string of the molecule is COCCCCCC[C-]=O.[Na+].[OH3+]. The van der Waals surface area contributed by atoms with Crippen molar-refractivity contribution in [2.24, 2.45) is 0 Å². The molecule has 4 heteroatoms. The van der Waals surface area contributed by atoms with Gasteiger partial charge in [0.1, 0.15) is 0 Å². The van der Waals surface area contributed by atoms with E-state index in [4.69, 9.17) is 4.74 Å². The molecule has 0 radical (unpaired) electrons. The average molecular weight is 185 g/mol. The summed E-state index contributed by atoms with van der Waals surface area (Å²) in [6.45, 7) is 0.838. The van der Waals surface area contributed by atoms with Gasteiger partial charge >= 0.3 is 29.6 Å². The van der Waals surface area contributed by atoms with E-state index in [0.717, 1.165) is 32.3 Å². The van der Waals surface area contributed by atoms with Crippen LogP contribution in [-0.4, -0.2) is 20.0 Å². The quantitative estimate of drug-likeness (QED) is 0.195. The van der Waals surface area contributed by atoms with Crippen molar-refractivity contribution in [1.82, 2.24) is 0 Å². The molecule has 12 heavy (non-hydrogen) atoms. The van der Waals surface area contributed by atoms with Gasteiger partial charge in [0.15, 0.2) is 0 Å². The van der Waals surface area contributed by atoms with E-state index in [-0.39, 0.29) is 35.0 Å². The zero-order valence-electron chi connectivity index (χ0n) is 8.14. The van der Waals surface area contributed by atoms with Crippen molar-refractivity contribution in [3.05, 3.63) is 0 Å². The first-order chi connectivity index (χ1) is 4.91. The van der Waals surface area contributed by atoms with E-state index >= 15 is 0 Å². The van der Waals surface area contributed by atoms with Gasteiger partial charge in [0.05, 0.1) is 0 Å². The largest absolute Gasteiger partial charge is 1.00 e. The van der Waals surface area contributed by atoms with Crippen LogP contribution in [0.2, 0.25) is 0 Å². The van der Waals surface area contributed by atoms with E-state index in [1.54, 1.807) is 7.11 Å². The zero-order valence-corrected chi connectivity index (χ0v) is 10.1. The van der Waals surface area contributed by atoms with Gasteiger partial charge in [0.2, 0.25) is 0 Å². The Hall–Kier alpha value is 0.590. The molecule has 0 unspecified atom stereocenters. The molecule has 0 rings (SSSR count). The van der Waals surface area contributed by atoms with E-state index < -0.39 is 0 Å². The number of carbonyl (C=O) groups excluding carboxylic acids is 1. The Bertz CT molecular complexity index is 78.7. The molecule has 0 bridgehead atoms. The Labute approximate surface area is 96.5 Å². The second-order valence-corrected chi connectivity index (χ2v) is 2.30. The fourth-order valence-corrected chi connectivity index (χ4v) is 0.797. The average Bonchev–Trinajstić information content (AvgIpc) is 1.97. The summed E-state index contributed by atoms with van der Waals surface area (Å²) >= 11 is 0.